The molecule has 4 fully saturated rings. The lowest BCUT2D eigenvalue weighted by Crippen LogP contribution is -2.50. The molecule has 0 aliphatic heterocycles. The van der Waals surface area contributed by atoms with E-state index in [0.29, 0.717) is 12.3 Å². The van der Waals surface area contributed by atoms with Gasteiger partial charge < -0.3 is 4.74 Å². The van der Waals surface area contributed by atoms with Crippen LogP contribution >= 0.6 is 0 Å². The van der Waals surface area contributed by atoms with Gasteiger partial charge in [0.1, 0.15) is 6.10 Å². The summed E-state index contributed by atoms with van der Waals surface area (Å²) in [6.45, 7) is 4.17. The third kappa shape index (κ3) is 4.31. The molecule has 0 radical (unpaired) electrons. The molecule has 8 atom stereocenters. The molecule has 4 aliphatic rings. The Balaban J connectivity index is 1.41. The van der Waals surface area contributed by atoms with Crippen LogP contribution in [-0.4, -0.2) is 12.1 Å². The fraction of sp³-hybridized carbons (Fsp3) is 0.926. The molecule has 4 aliphatic carbocycles. The number of hydrogen-bond acceptors (Lipinski definition) is 3. The first-order valence-electron chi connectivity index (χ1n) is 13.2. The molecule has 3 heteroatoms. The van der Waals surface area contributed by atoms with Gasteiger partial charge in [-0.2, -0.15) is 5.26 Å². The predicted octanol–water partition coefficient (Wildman–Crippen LogP) is 7.05. The van der Waals surface area contributed by atoms with Crippen molar-refractivity contribution >= 4 is 5.97 Å². The summed E-state index contributed by atoms with van der Waals surface area (Å²) in [5.41, 5.74) is -0.0232. The molecule has 4 rings (SSSR count). The van der Waals surface area contributed by atoms with E-state index >= 15 is 0 Å². The second kappa shape index (κ2) is 9.62. The Labute approximate surface area is 184 Å². The molecule has 6 unspecified atom stereocenters. The van der Waals surface area contributed by atoms with Crippen LogP contribution in [0.15, 0.2) is 0 Å². The highest BCUT2D eigenvalue weighted by Gasteiger charge is 2.53. The Morgan fingerprint density at radius 2 is 1.67 bits per heavy atom. The number of nitrogens with zero attached hydrogens (tertiary/aromatic N) is 1. The van der Waals surface area contributed by atoms with Crippen LogP contribution in [0.1, 0.15) is 110 Å². The molecule has 0 amide bonds. The van der Waals surface area contributed by atoms with E-state index in [1.165, 1.54) is 70.6 Å². The highest BCUT2D eigenvalue weighted by atomic mass is 16.5. The highest BCUT2D eigenvalue weighted by molar-refractivity contribution is 5.69. The van der Waals surface area contributed by atoms with Crippen LogP contribution in [0.4, 0.5) is 0 Å². The number of unbranched alkanes of at least 4 members (excludes halogenated alkanes) is 2. The van der Waals surface area contributed by atoms with Crippen LogP contribution in [-0.2, 0) is 9.53 Å². The summed E-state index contributed by atoms with van der Waals surface area (Å²) in [6, 6.07) is 2.81. The van der Waals surface area contributed by atoms with E-state index in [4.69, 9.17) is 4.74 Å². The Bertz CT molecular complexity index is 639. The van der Waals surface area contributed by atoms with Crippen molar-refractivity contribution in [3.05, 3.63) is 0 Å². The second-order valence-corrected chi connectivity index (χ2v) is 11.1. The zero-order chi connectivity index (χ0) is 21.1. The van der Waals surface area contributed by atoms with Crippen molar-refractivity contribution in [3.63, 3.8) is 0 Å². The van der Waals surface area contributed by atoms with Crippen molar-refractivity contribution < 1.29 is 9.53 Å². The van der Waals surface area contributed by atoms with E-state index in [0.717, 1.165) is 48.9 Å². The van der Waals surface area contributed by atoms with Crippen LogP contribution in [0.3, 0.4) is 0 Å². The van der Waals surface area contributed by atoms with Gasteiger partial charge in [-0.25, -0.2) is 0 Å². The topological polar surface area (TPSA) is 50.1 Å². The molecule has 168 valence electrons. The van der Waals surface area contributed by atoms with Gasteiger partial charge in [0, 0.05) is 6.42 Å². The smallest absolute Gasteiger partial charge is 0.305 e. The number of nitriles is 1. The number of esters is 1. The van der Waals surface area contributed by atoms with Gasteiger partial charge in [-0.1, -0.05) is 33.1 Å². The van der Waals surface area contributed by atoms with Crippen LogP contribution < -0.4 is 0 Å². The highest BCUT2D eigenvalue weighted by Crippen LogP contribution is 2.60. The lowest BCUT2D eigenvalue weighted by atomic mass is 9.49. The monoisotopic (exact) mass is 413 g/mol. The van der Waals surface area contributed by atoms with Gasteiger partial charge in [-0.05, 0) is 106 Å². The number of hydrogen-bond donors (Lipinski definition) is 0. The Morgan fingerprint density at radius 1 is 0.933 bits per heavy atom. The van der Waals surface area contributed by atoms with Crippen molar-refractivity contribution in [2.45, 2.75) is 116 Å². The lowest BCUT2D eigenvalue weighted by molar-refractivity contribution is -0.161. The van der Waals surface area contributed by atoms with Gasteiger partial charge in [-0.15, -0.1) is 0 Å². The zero-order valence-corrected chi connectivity index (χ0v) is 19.4. The van der Waals surface area contributed by atoms with Crippen LogP contribution in [0.25, 0.3) is 0 Å². The average Bonchev–Trinajstić information content (AvgIpc) is 2.78. The first kappa shape index (κ1) is 22.2. The van der Waals surface area contributed by atoms with E-state index in [1.54, 1.807) is 0 Å². The largest absolute Gasteiger partial charge is 0.462 e. The van der Waals surface area contributed by atoms with Gasteiger partial charge in [0.2, 0.25) is 0 Å². The third-order valence-corrected chi connectivity index (χ3v) is 9.69. The number of carbonyl (C=O) groups excluding carboxylic acids is 1. The van der Waals surface area contributed by atoms with Crippen molar-refractivity contribution in [2.75, 3.05) is 0 Å². The van der Waals surface area contributed by atoms with Crippen molar-refractivity contribution in [1.29, 1.82) is 5.26 Å². The normalized spacial score (nSPS) is 42.9. The fourth-order valence-corrected chi connectivity index (χ4v) is 8.28. The molecule has 4 saturated carbocycles. The molecule has 30 heavy (non-hydrogen) atoms. The van der Waals surface area contributed by atoms with Gasteiger partial charge in [0.05, 0.1) is 11.5 Å². The number of carbonyl (C=O) groups is 1. The second-order valence-electron chi connectivity index (χ2n) is 11.1. The zero-order valence-electron chi connectivity index (χ0n) is 19.4. The molecule has 0 aromatic heterocycles. The van der Waals surface area contributed by atoms with Crippen LogP contribution in [0.5, 0.6) is 0 Å². The molecule has 0 spiro atoms. The summed E-state index contributed by atoms with van der Waals surface area (Å²) in [5.74, 6) is 4.75. The average molecular weight is 414 g/mol. The molecule has 0 aromatic carbocycles. The number of rotatable bonds is 6. The van der Waals surface area contributed by atoms with E-state index in [2.05, 4.69) is 13.0 Å². The van der Waals surface area contributed by atoms with Crippen molar-refractivity contribution in [1.82, 2.24) is 0 Å². The Hall–Kier alpha value is -1.04. The molecule has 0 N–H and O–H groups in total. The Morgan fingerprint density at radius 3 is 2.43 bits per heavy atom. The maximum absolute atomic E-state index is 12.0. The van der Waals surface area contributed by atoms with Gasteiger partial charge in [0.25, 0.3) is 0 Å². The summed E-state index contributed by atoms with van der Waals surface area (Å²) in [4.78, 5) is 12.0. The molecule has 0 saturated heterocycles. The summed E-state index contributed by atoms with van der Waals surface area (Å²) in [7, 11) is 0. The first-order valence-corrected chi connectivity index (χ1v) is 13.2. The minimum Gasteiger partial charge on any atom is -0.462 e. The van der Waals surface area contributed by atoms with Crippen molar-refractivity contribution in [2.24, 2.45) is 40.9 Å². The number of ether oxygens (including phenoxy) is 1. The molecule has 0 heterocycles. The van der Waals surface area contributed by atoms with E-state index in [-0.39, 0.29) is 17.5 Å². The van der Waals surface area contributed by atoms with E-state index in [1.807, 2.05) is 6.92 Å². The predicted molar refractivity (Wildman–Crippen MR) is 119 cm³/mol. The summed E-state index contributed by atoms with van der Waals surface area (Å²) in [6.07, 6.45) is 18.1. The van der Waals surface area contributed by atoms with E-state index in [9.17, 15) is 10.1 Å². The molecule has 0 aromatic rings. The van der Waals surface area contributed by atoms with E-state index < -0.39 is 0 Å². The molecular weight excluding hydrogens is 370 g/mol. The third-order valence-electron chi connectivity index (χ3n) is 9.69. The standard InChI is InChI=1S/C27H43NO2/c1-3-5-6-15-27(18-28)16-14-20-19(17-27)10-11-23-21-8-7-9-25(30-26(29)4-2)24(21)13-12-22(20)23/h19-25H,3-17H2,1-2H3/t19?,20?,21?,22?,23?,24?,25-,27-/m1/s1. The number of fused-ring (bicyclic) bond motifs is 5. The SMILES string of the molecule is CCCCC[C@@]1(C#N)CCC2C(CCC3C2CCC2C3CCC[C@H]2OC(=O)CC)C1. The van der Waals surface area contributed by atoms with Crippen molar-refractivity contribution in [3.8, 4) is 6.07 Å². The minimum absolute atomic E-state index is 0.00493. The molecule has 0 bridgehead atoms. The maximum atomic E-state index is 12.0. The summed E-state index contributed by atoms with van der Waals surface area (Å²) in [5, 5.41) is 10.0. The summed E-state index contributed by atoms with van der Waals surface area (Å²) < 4.78 is 5.91. The minimum atomic E-state index is -0.0232. The Kier molecular flexibility index (Phi) is 7.11. The van der Waals surface area contributed by atoms with Gasteiger partial charge >= 0.3 is 5.97 Å². The maximum Gasteiger partial charge on any atom is 0.305 e. The summed E-state index contributed by atoms with van der Waals surface area (Å²) >= 11 is 0. The van der Waals surface area contributed by atoms with Crippen LogP contribution in [0, 0.1) is 52.3 Å². The van der Waals surface area contributed by atoms with Gasteiger partial charge in [0.15, 0.2) is 0 Å². The fourth-order valence-electron chi connectivity index (χ4n) is 8.28. The quantitative estimate of drug-likeness (QED) is 0.346. The lowest BCUT2D eigenvalue weighted by Gasteiger charge is -2.56. The van der Waals surface area contributed by atoms with Crippen LogP contribution in [0.2, 0.25) is 0 Å². The molecule has 3 nitrogen and oxygen atoms in total. The molecular formula is C27H43NO2. The first-order chi connectivity index (χ1) is 14.6. The van der Waals surface area contributed by atoms with Gasteiger partial charge in [-0.3, -0.25) is 4.79 Å².